The second-order valence-electron chi connectivity index (χ2n) is 6.13. The molecule has 0 bridgehead atoms. The highest BCUT2D eigenvalue weighted by Gasteiger charge is 2.33. The first-order valence-electron chi connectivity index (χ1n) is 7.05. The van der Waals surface area contributed by atoms with Crippen LogP contribution in [0.4, 0.5) is 4.79 Å². The van der Waals surface area contributed by atoms with E-state index in [2.05, 4.69) is 11.4 Å². The molecule has 0 radical (unpaired) electrons. The summed E-state index contributed by atoms with van der Waals surface area (Å²) in [7, 11) is 0. The third kappa shape index (κ3) is 4.21. The van der Waals surface area contributed by atoms with Gasteiger partial charge >= 0.3 is 6.09 Å². The van der Waals surface area contributed by atoms with Crippen LogP contribution in [0.15, 0.2) is 12.1 Å². The van der Waals surface area contributed by atoms with Crippen LogP contribution in [-0.4, -0.2) is 35.1 Å². The van der Waals surface area contributed by atoms with Gasteiger partial charge in [0.1, 0.15) is 22.6 Å². The molecule has 0 saturated carbocycles. The van der Waals surface area contributed by atoms with E-state index in [1.165, 1.54) is 11.3 Å². The maximum atomic E-state index is 12.3. The molecule has 0 aromatic carbocycles. The van der Waals surface area contributed by atoms with Gasteiger partial charge in [-0.2, -0.15) is 5.26 Å². The molecule has 1 saturated heterocycles. The molecule has 22 heavy (non-hydrogen) atoms. The number of rotatable bonds is 3. The number of ether oxygens (including phenoxy) is 1. The first-order chi connectivity index (χ1) is 10.3. The van der Waals surface area contributed by atoms with Crippen LogP contribution in [0.25, 0.3) is 0 Å². The minimum Gasteiger partial charge on any atom is -0.444 e. The fourth-order valence-electron chi connectivity index (χ4n) is 2.19. The third-order valence-electron chi connectivity index (χ3n) is 3.11. The van der Waals surface area contributed by atoms with Gasteiger partial charge in [-0.1, -0.05) is 0 Å². The number of carbonyl (C=O) groups excluding carboxylic acids is 2. The zero-order valence-electron chi connectivity index (χ0n) is 12.9. The normalized spacial score (nSPS) is 18.2. The van der Waals surface area contributed by atoms with E-state index >= 15 is 0 Å². The van der Waals surface area contributed by atoms with E-state index in [-0.39, 0.29) is 5.91 Å². The molecule has 1 aliphatic rings. The summed E-state index contributed by atoms with van der Waals surface area (Å²) in [5.74, 6) is -0.113. The largest absolute Gasteiger partial charge is 0.444 e. The van der Waals surface area contributed by atoms with E-state index in [0.29, 0.717) is 24.4 Å². The molecule has 6 nitrogen and oxygen atoms in total. The molecule has 118 valence electrons. The number of alkyl carbamates (subject to hydrolysis) is 1. The van der Waals surface area contributed by atoms with Crippen LogP contribution in [0.1, 0.15) is 36.9 Å². The number of nitriles is 1. The molecule has 1 N–H and O–H groups in total. The highest BCUT2D eigenvalue weighted by Crippen LogP contribution is 2.21. The second-order valence-corrected chi connectivity index (χ2v) is 7.29. The number of hydrogen-bond donors (Lipinski definition) is 1. The van der Waals surface area contributed by atoms with Crippen molar-refractivity contribution in [2.75, 3.05) is 6.54 Å². The molecular formula is C15H19N3O3S. The average Bonchev–Trinajstić information content (AvgIpc) is 2.98. The zero-order valence-corrected chi connectivity index (χ0v) is 13.7. The van der Waals surface area contributed by atoms with Gasteiger partial charge in [0.2, 0.25) is 5.91 Å². The molecule has 1 aliphatic heterocycles. The van der Waals surface area contributed by atoms with Crippen LogP contribution in [0.5, 0.6) is 0 Å². The van der Waals surface area contributed by atoms with E-state index in [1.807, 2.05) is 6.07 Å². The number of nitrogens with one attached hydrogen (secondary N) is 1. The Morgan fingerprint density at radius 3 is 2.86 bits per heavy atom. The predicted octanol–water partition coefficient (Wildman–Crippen LogP) is 2.25. The Morgan fingerprint density at radius 2 is 2.27 bits per heavy atom. The number of nitrogens with zero attached hydrogens (tertiary/aromatic N) is 2. The lowest BCUT2D eigenvalue weighted by molar-refractivity contribution is -0.129. The van der Waals surface area contributed by atoms with Gasteiger partial charge in [0.05, 0.1) is 6.54 Å². The van der Waals surface area contributed by atoms with Crippen molar-refractivity contribution in [3.8, 4) is 6.07 Å². The summed E-state index contributed by atoms with van der Waals surface area (Å²) in [5, 5.41) is 11.4. The number of thiophene rings is 1. The summed E-state index contributed by atoms with van der Waals surface area (Å²) in [6.45, 7) is 6.38. The number of carbonyl (C=O) groups is 2. The molecule has 2 amide bonds. The molecule has 1 aromatic rings. The lowest BCUT2D eigenvalue weighted by atomic mass is 10.2. The molecular weight excluding hydrogens is 302 g/mol. The first-order valence-corrected chi connectivity index (χ1v) is 7.87. The van der Waals surface area contributed by atoms with Crippen molar-refractivity contribution in [2.24, 2.45) is 0 Å². The van der Waals surface area contributed by atoms with E-state index < -0.39 is 17.7 Å². The summed E-state index contributed by atoms with van der Waals surface area (Å²) in [5.41, 5.74) is -0.587. The van der Waals surface area contributed by atoms with Crippen LogP contribution in [0.2, 0.25) is 0 Å². The SMILES string of the molecule is CC(C)(C)OC(=O)N[C@H]1CCN(Cc2ccc(C#N)s2)C1=O. The fraction of sp³-hybridized carbons (Fsp3) is 0.533. The van der Waals surface area contributed by atoms with Gasteiger partial charge < -0.3 is 15.0 Å². The smallest absolute Gasteiger partial charge is 0.408 e. The Balaban J connectivity index is 1.89. The molecule has 0 spiro atoms. The number of likely N-dealkylation sites (tertiary alicyclic amines) is 1. The van der Waals surface area contributed by atoms with Crippen LogP contribution < -0.4 is 5.32 Å². The van der Waals surface area contributed by atoms with Crippen LogP contribution in [0, 0.1) is 11.3 Å². The highest BCUT2D eigenvalue weighted by molar-refractivity contribution is 7.12. The molecule has 2 heterocycles. The Bertz CT molecular complexity index is 612. The quantitative estimate of drug-likeness (QED) is 0.925. The Labute approximate surface area is 133 Å². The Kier molecular flexibility index (Phi) is 4.71. The van der Waals surface area contributed by atoms with Gasteiger partial charge in [0, 0.05) is 11.4 Å². The standard InChI is InChI=1S/C15H19N3O3S/c1-15(2,3)21-14(20)17-12-6-7-18(13(12)19)9-11-5-4-10(8-16)22-11/h4-5,12H,6-7,9H2,1-3H3,(H,17,20)/t12-/m0/s1. The number of amides is 2. The molecule has 1 fully saturated rings. The lowest BCUT2D eigenvalue weighted by Gasteiger charge is -2.21. The van der Waals surface area contributed by atoms with Crippen LogP contribution in [-0.2, 0) is 16.1 Å². The molecule has 0 aliphatic carbocycles. The van der Waals surface area contributed by atoms with Crippen molar-refractivity contribution >= 4 is 23.3 Å². The van der Waals surface area contributed by atoms with Gasteiger partial charge in [-0.15, -0.1) is 11.3 Å². The molecule has 1 aromatic heterocycles. The van der Waals surface area contributed by atoms with E-state index in [9.17, 15) is 9.59 Å². The van der Waals surface area contributed by atoms with Gasteiger partial charge in [-0.25, -0.2) is 4.79 Å². The monoisotopic (exact) mass is 321 g/mol. The summed E-state index contributed by atoms with van der Waals surface area (Å²) in [6, 6.07) is 5.14. The topological polar surface area (TPSA) is 82.4 Å². The third-order valence-corrected chi connectivity index (χ3v) is 4.08. The lowest BCUT2D eigenvalue weighted by Crippen LogP contribution is -2.43. The maximum absolute atomic E-state index is 12.3. The summed E-state index contributed by atoms with van der Waals surface area (Å²) in [4.78, 5) is 27.3. The second kappa shape index (κ2) is 6.36. The van der Waals surface area contributed by atoms with Gasteiger partial charge in [0.25, 0.3) is 0 Å². The highest BCUT2D eigenvalue weighted by atomic mass is 32.1. The zero-order chi connectivity index (χ0) is 16.3. The molecule has 0 unspecified atom stereocenters. The first kappa shape index (κ1) is 16.3. The summed E-state index contributed by atoms with van der Waals surface area (Å²) < 4.78 is 5.16. The van der Waals surface area contributed by atoms with E-state index in [0.717, 1.165) is 4.88 Å². The van der Waals surface area contributed by atoms with Crippen molar-refractivity contribution in [3.05, 3.63) is 21.9 Å². The van der Waals surface area contributed by atoms with Crippen molar-refractivity contribution in [1.29, 1.82) is 5.26 Å². The van der Waals surface area contributed by atoms with Crippen LogP contribution in [0.3, 0.4) is 0 Å². The van der Waals surface area contributed by atoms with Crippen molar-refractivity contribution in [3.63, 3.8) is 0 Å². The molecule has 1 atom stereocenters. The summed E-state index contributed by atoms with van der Waals surface area (Å²) in [6.07, 6.45) is -0.00948. The van der Waals surface area contributed by atoms with Crippen molar-refractivity contribution in [2.45, 2.75) is 45.4 Å². The van der Waals surface area contributed by atoms with Crippen LogP contribution >= 0.6 is 11.3 Å². The predicted molar refractivity (Wildman–Crippen MR) is 82.2 cm³/mol. The minimum absolute atomic E-state index is 0.113. The maximum Gasteiger partial charge on any atom is 0.408 e. The van der Waals surface area contributed by atoms with E-state index in [4.69, 9.17) is 10.00 Å². The minimum atomic E-state index is -0.587. The molecule has 7 heteroatoms. The Morgan fingerprint density at radius 1 is 1.55 bits per heavy atom. The number of hydrogen-bond acceptors (Lipinski definition) is 5. The van der Waals surface area contributed by atoms with Crippen molar-refractivity contribution < 1.29 is 14.3 Å². The molecule has 2 rings (SSSR count). The Hall–Kier alpha value is -2.07. The van der Waals surface area contributed by atoms with Crippen molar-refractivity contribution in [1.82, 2.24) is 10.2 Å². The average molecular weight is 321 g/mol. The fourth-order valence-corrected chi connectivity index (χ4v) is 3.01. The van der Waals surface area contributed by atoms with Gasteiger partial charge in [-0.3, -0.25) is 4.79 Å². The summed E-state index contributed by atoms with van der Waals surface area (Å²) >= 11 is 1.38. The van der Waals surface area contributed by atoms with Gasteiger partial charge in [0.15, 0.2) is 0 Å². The van der Waals surface area contributed by atoms with Gasteiger partial charge in [-0.05, 0) is 39.3 Å². The van der Waals surface area contributed by atoms with E-state index in [1.54, 1.807) is 31.7 Å².